The quantitative estimate of drug-likeness (QED) is 0.556. The third kappa shape index (κ3) is 5.14. The fourth-order valence-corrected chi connectivity index (χ4v) is 5.37. The highest BCUT2D eigenvalue weighted by Gasteiger charge is 2.27. The van der Waals surface area contributed by atoms with E-state index >= 15 is 0 Å². The zero-order valence-electron chi connectivity index (χ0n) is 16.6. The first kappa shape index (κ1) is 19.0. The molecule has 25 heavy (non-hydrogen) atoms. The molecule has 1 saturated carbocycles. The summed E-state index contributed by atoms with van der Waals surface area (Å²) in [5.74, 6) is 0.930. The van der Waals surface area contributed by atoms with Crippen LogP contribution in [-0.2, 0) is 0 Å². The fourth-order valence-electron chi connectivity index (χ4n) is 4.53. The third-order valence-corrected chi connectivity index (χ3v) is 7.03. The topological polar surface area (TPSA) is 3.24 Å². The zero-order valence-corrected chi connectivity index (χ0v) is 17.4. The largest absolute Gasteiger partial charge is 0.300 e. The molecule has 138 valence electrons. The number of hydrogen-bond donors (Lipinski definition) is 0. The van der Waals surface area contributed by atoms with Gasteiger partial charge < -0.3 is 0 Å². The molecule has 0 unspecified atom stereocenters. The lowest BCUT2D eigenvalue weighted by Crippen LogP contribution is -2.42. The number of nitrogens with zero attached hydrogens (tertiary/aromatic N) is 1. The first-order valence-electron chi connectivity index (χ1n) is 10.2. The molecule has 1 heterocycles. The Hall–Kier alpha value is -0.730. The van der Waals surface area contributed by atoms with Crippen molar-refractivity contribution in [3.63, 3.8) is 0 Å². The molecule has 0 bridgehead atoms. The fraction of sp³-hybridized carbons (Fsp3) is 0.652. The van der Waals surface area contributed by atoms with Gasteiger partial charge in [-0.3, -0.25) is 4.90 Å². The number of piperidine rings is 1. The highest BCUT2D eigenvalue weighted by atomic mass is 32.2. The van der Waals surface area contributed by atoms with Crippen LogP contribution in [0.5, 0.6) is 0 Å². The van der Waals surface area contributed by atoms with Gasteiger partial charge in [-0.15, -0.1) is 11.8 Å². The Kier molecular flexibility index (Phi) is 6.68. The molecule has 0 aromatic heterocycles. The van der Waals surface area contributed by atoms with Gasteiger partial charge in [-0.1, -0.05) is 51.3 Å². The Bertz CT molecular complexity index is 577. The summed E-state index contributed by atoms with van der Waals surface area (Å²) < 4.78 is 0. The van der Waals surface area contributed by atoms with Gasteiger partial charge in [0.05, 0.1) is 0 Å². The van der Waals surface area contributed by atoms with Crippen molar-refractivity contribution >= 4 is 17.3 Å². The highest BCUT2D eigenvalue weighted by molar-refractivity contribution is 7.99. The predicted molar refractivity (Wildman–Crippen MR) is 112 cm³/mol. The average molecular weight is 358 g/mol. The Morgan fingerprint density at radius 2 is 1.76 bits per heavy atom. The van der Waals surface area contributed by atoms with Crippen molar-refractivity contribution < 1.29 is 0 Å². The van der Waals surface area contributed by atoms with Gasteiger partial charge in [0.25, 0.3) is 0 Å². The summed E-state index contributed by atoms with van der Waals surface area (Å²) >= 11 is 1.95. The van der Waals surface area contributed by atoms with E-state index in [4.69, 9.17) is 0 Å². The molecule has 0 N–H and O–H groups in total. The van der Waals surface area contributed by atoms with E-state index in [1.165, 1.54) is 67.6 Å². The average Bonchev–Trinajstić information content (AvgIpc) is 2.61. The van der Waals surface area contributed by atoms with Gasteiger partial charge >= 0.3 is 0 Å². The van der Waals surface area contributed by atoms with E-state index in [0.29, 0.717) is 5.25 Å². The molecule has 1 aromatic carbocycles. The van der Waals surface area contributed by atoms with Crippen molar-refractivity contribution in [2.45, 2.75) is 82.4 Å². The number of allylic oxidation sites excluding steroid dienone is 1. The molecule has 2 heteroatoms. The van der Waals surface area contributed by atoms with E-state index in [9.17, 15) is 0 Å². The van der Waals surface area contributed by atoms with Crippen molar-refractivity contribution in [1.82, 2.24) is 4.90 Å². The summed E-state index contributed by atoms with van der Waals surface area (Å²) in [7, 11) is 0. The first-order valence-corrected chi connectivity index (χ1v) is 11.1. The van der Waals surface area contributed by atoms with Crippen LogP contribution < -0.4 is 0 Å². The maximum Gasteiger partial charge on any atom is 0.00980 e. The van der Waals surface area contributed by atoms with Gasteiger partial charge in [0, 0.05) is 29.3 Å². The smallest absolute Gasteiger partial charge is 0.00980 e. The van der Waals surface area contributed by atoms with Crippen molar-refractivity contribution in [3.05, 3.63) is 35.4 Å². The zero-order chi connectivity index (χ0) is 17.8. The van der Waals surface area contributed by atoms with Gasteiger partial charge in [-0.2, -0.15) is 0 Å². The summed E-state index contributed by atoms with van der Waals surface area (Å²) in [5, 5.41) is 0.650. The lowest BCUT2D eigenvalue weighted by molar-refractivity contribution is 0.126. The van der Waals surface area contributed by atoms with Gasteiger partial charge in [-0.25, -0.2) is 0 Å². The lowest BCUT2D eigenvalue weighted by Gasteiger charge is -2.39. The number of likely N-dealkylation sites (tertiary alicyclic amines) is 1. The second-order valence-electron chi connectivity index (χ2n) is 8.38. The molecule has 3 rings (SSSR count). The predicted octanol–water partition coefficient (Wildman–Crippen LogP) is 6.64. The summed E-state index contributed by atoms with van der Waals surface area (Å²) in [6, 6.07) is 10.1. The molecule has 2 fully saturated rings. The van der Waals surface area contributed by atoms with E-state index in [-0.39, 0.29) is 0 Å². The lowest BCUT2D eigenvalue weighted by atomic mass is 9.85. The van der Waals surface area contributed by atoms with Crippen molar-refractivity contribution in [2.75, 3.05) is 13.1 Å². The monoisotopic (exact) mass is 357 g/mol. The van der Waals surface area contributed by atoms with E-state index in [0.717, 1.165) is 12.0 Å². The van der Waals surface area contributed by atoms with Crippen LogP contribution in [-0.4, -0.2) is 29.3 Å². The molecule has 0 amide bonds. The molecule has 1 nitrogen and oxygen atoms in total. The maximum absolute atomic E-state index is 2.79. The van der Waals surface area contributed by atoms with Gasteiger partial charge in [0.1, 0.15) is 0 Å². The Morgan fingerprint density at radius 3 is 2.36 bits per heavy atom. The Balaban J connectivity index is 1.60. The molecule has 0 radical (unpaired) electrons. The van der Waals surface area contributed by atoms with E-state index in [2.05, 4.69) is 56.9 Å². The minimum Gasteiger partial charge on any atom is -0.300 e. The van der Waals surface area contributed by atoms with Crippen LogP contribution in [0.1, 0.15) is 71.8 Å². The maximum atomic E-state index is 2.79. The van der Waals surface area contributed by atoms with Crippen LogP contribution in [0, 0.1) is 5.92 Å². The van der Waals surface area contributed by atoms with E-state index in [1.54, 1.807) is 5.57 Å². The molecule has 1 aliphatic heterocycles. The minimum atomic E-state index is 0.650. The Labute approximate surface area is 159 Å². The molecule has 0 spiro atoms. The number of thioether (sulfide) groups is 1. The Morgan fingerprint density at radius 1 is 1.08 bits per heavy atom. The van der Waals surface area contributed by atoms with Gasteiger partial charge in [-0.05, 0) is 61.8 Å². The van der Waals surface area contributed by atoms with Crippen molar-refractivity contribution in [2.24, 2.45) is 5.92 Å². The van der Waals surface area contributed by atoms with E-state index in [1.807, 2.05) is 11.8 Å². The third-order valence-electron chi connectivity index (χ3n) is 6.02. The van der Waals surface area contributed by atoms with Crippen molar-refractivity contribution in [3.8, 4) is 0 Å². The second kappa shape index (κ2) is 8.77. The van der Waals surface area contributed by atoms with Gasteiger partial charge in [0.2, 0.25) is 0 Å². The number of rotatable bonds is 4. The summed E-state index contributed by atoms with van der Waals surface area (Å²) in [6.45, 7) is 11.8. The SMILES string of the molecule is CC(=C1CCN([C@H]2CCC[C@@H](C)C2)CC1)c1ccc(SC(C)C)cc1. The summed E-state index contributed by atoms with van der Waals surface area (Å²) in [6.07, 6.45) is 8.26. The van der Waals surface area contributed by atoms with Crippen LogP contribution >= 0.6 is 11.8 Å². The molecular weight excluding hydrogens is 322 g/mol. The van der Waals surface area contributed by atoms with Crippen LogP contribution in [0.4, 0.5) is 0 Å². The van der Waals surface area contributed by atoms with Crippen LogP contribution in [0.2, 0.25) is 0 Å². The highest BCUT2D eigenvalue weighted by Crippen LogP contribution is 2.33. The van der Waals surface area contributed by atoms with Crippen molar-refractivity contribution in [1.29, 1.82) is 0 Å². The molecular formula is C23H35NS. The molecule has 2 atom stereocenters. The molecule has 1 aromatic rings. The molecule has 2 aliphatic rings. The number of benzene rings is 1. The standard InChI is InChI=1S/C23H35NS/c1-17(2)25-23-10-8-20(9-11-23)19(4)21-12-14-24(15-13-21)22-7-5-6-18(3)16-22/h8-11,17-18,22H,5-7,12-16H2,1-4H3/t18-,22+/m1/s1. The summed E-state index contributed by atoms with van der Waals surface area (Å²) in [4.78, 5) is 4.17. The van der Waals surface area contributed by atoms with Crippen LogP contribution in [0.15, 0.2) is 34.7 Å². The van der Waals surface area contributed by atoms with E-state index < -0.39 is 0 Å². The minimum absolute atomic E-state index is 0.650. The molecule has 1 saturated heterocycles. The number of hydrogen-bond acceptors (Lipinski definition) is 2. The molecule has 1 aliphatic carbocycles. The van der Waals surface area contributed by atoms with Gasteiger partial charge in [0.15, 0.2) is 0 Å². The van der Waals surface area contributed by atoms with Crippen LogP contribution in [0.25, 0.3) is 5.57 Å². The summed E-state index contributed by atoms with van der Waals surface area (Å²) in [5.41, 5.74) is 4.63. The van der Waals surface area contributed by atoms with Crippen LogP contribution in [0.3, 0.4) is 0 Å². The normalized spacial score (nSPS) is 25.4. The first-order chi connectivity index (χ1) is 12.0. The second-order valence-corrected chi connectivity index (χ2v) is 10.0.